The maximum absolute atomic E-state index is 13.5. The van der Waals surface area contributed by atoms with Crippen LogP contribution in [0.25, 0.3) is 10.9 Å². The molecule has 0 radical (unpaired) electrons. The lowest BCUT2D eigenvalue weighted by atomic mass is 9.98. The summed E-state index contributed by atoms with van der Waals surface area (Å²) >= 11 is 0. The number of piperidine rings is 1. The molecule has 1 aliphatic rings. The highest BCUT2D eigenvalue weighted by Gasteiger charge is 2.31. The predicted octanol–water partition coefficient (Wildman–Crippen LogP) is 3.47. The SMILES string of the molecule is CN(C)Cc1cc([C@H]2CCCCN2C(=O)c2cc3cc(F)ccc3[nH]2)nn1C. The van der Waals surface area contributed by atoms with Crippen LogP contribution < -0.4 is 0 Å². The maximum atomic E-state index is 13.5. The van der Waals surface area contributed by atoms with Crippen LogP contribution in [0.5, 0.6) is 0 Å². The Kier molecular flexibility index (Phi) is 4.93. The zero-order chi connectivity index (χ0) is 19.8. The van der Waals surface area contributed by atoms with Crippen molar-refractivity contribution in [1.29, 1.82) is 0 Å². The van der Waals surface area contributed by atoms with E-state index in [4.69, 9.17) is 5.10 Å². The summed E-state index contributed by atoms with van der Waals surface area (Å²) < 4.78 is 15.4. The van der Waals surface area contributed by atoms with E-state index in [1.165, 1.54) is 12.1 Å². The van der Waals surface area contributed by atoms with Crippen LogP contribution in [0.1, 0.15) is 47.2 Å². The number of benzene rings is 1. The monoisotopic (exact) mass is 383 g/mol. The third-order valence-electron chi connectivity index (χ3n) is 5.39. The fraction of sp³-hybridized carbons (Fsp3) is 0.429. The first-order valence-electron chi connectivity index (χ1n) is 9.69. The van der Waals surface area contributed by atoms with Gasteiger partial charge in [-0.25, -0.2) is 4.39 Å². The second-order valence-corrected chi connectivity index (χ2v) is 7.85. The van der Waals surface area contributed by atoms with Crippen molar-refractivity contribution in [3.05, 3.63) is 53.2 Å². The van der Waals surface area contributed by atoms with E-state index in [0.717, 1.165) is 42.7 Å². The molecule has 1 N–H and O–H groups in total. The van der Waals surface area contributed by atoms with E-state index < -0.39 is 0 Å². The molecule has 28 heavy (non-hydrogen) atoms. The van der Waals surface area contributed by atoms with Crippen molar-refractivity contribution in [2.24, 2.45) is 7.05 Å². The van der Waals surface area contributed by atoms with Gasteiger partial charge in [0.1, 0.15) is 11.5 Å². The number of nitrogens with zero attached hydrogens (tertiary/aromatic N) is 4. The molecule has 148 valence electrons. The second kappa shape index (κ2) is 7.39. The number of rotatable bonds is 4. The number of likely N-dealkylation sites (tertiary alicyclic amines) is 1. The van der Waals surface area contributed by atoms with Crippen molar-refractivity contribution in [3.63, 3.8) is 0 Å². The molecular formula is C21H26FN5O. The van der Waals surface area contributed by atoms with Gasteiger partial charge < -0.3 is 14.8 Å². The summed E-state index contributed by atoms with van der Waals surface area (Å²) in [4.78, 5) is 20.4. The first-order chi connectivity index (χ1) is 13.4. The number of carbonyl (C=O) groups excluding carboxylic acids is 1. The number of halogens is 1. The molecule has 3 aromatic rings. The van der Waals surface area contributed by atoms with Crippen LogP contribution in [0.15, 0.2) is 30.3 Å². The van der Waals surface area contributed by atoms with Crippen LogP contribution in [0.3, 0.4) is 0 Å². The molecule has 0 aliphatic carbocycles. The van der Waals surface area contributed by atoms with Crippen LogP contribution in [0.4, 0.5) is 4.39 Å². The van der Waals surface area contributed by atoms with Crippen molar-refractivity contribution in [2.45, 2.75) is 31.8 Å². The fourth-order valence-corrected chi connectivity index (χ4v) is 4.02. The predicted molar refractivity (Wildman–Crippen MR) is 106 cm³/mol. The quantitative estimate of drug-likeness (QED) is 0.751. The minimum atomic E-state index is -0.303. The van der Waals surface area contributed by atoms with Gasteiger partial charge in [-0.3, -0.25) is 9.48 Å². The normalized spacial score (nSPS) is 17.6. The Labute approximate surface area is 163 Å². The van der Waals surface area contributed by atoms with Gasteiger partial charge in [0.15, 0.2) is 0 Å². The average molecular weight is 383 g/mol. The first kappa shape index (κ1) is 18.7. The van der Waals surface area contributed by atoms with Crippen LogP contribution in [-0.2, 0) is 13.6 Å². The van der Waals surface area contributed by atoms with Crippen molar-refractivity contribution >= 4 is 16.8 Å². The minimum Gasteiger partial charge on any atom is -0.351 e. The lowest BCUT2D eigenvalue weighted by Gasteiger charge is -2.34. The highest BCUT2D eigenvalue weighted by atomic mass is 19.1. The molecule has 0 unspecified atom stereocenters. The summed E-state index contributed by atoms with van der Waals surface area (Å²) in [5.41, 5.74) is 3.33. The number of aryl methyl sites for hydroxylation is 1. The lowest BCUT2D eigenvalue weighted by Crippen LogP contribution is -2.38. The van der Waals surface area contributed by atoms with E-state index in [1.54, 1.807) is 12.1 Å². The number of amides is 1. The largest absolute Gasteiger partial charge is 0.351 e. The van der Waals surface area contributed by atoms with Gasteiger partial charge >= 0.3 is 0 Å². The number of fused-ring (bicyclic) bond motifs is 1. The Morgan fingerprint density at radius 1 is 1.29 bits per heavy atom. The molecule has 2 aromatic heterocycles. The highest BCUT2D eigenvalue weighted by molar-refractivity contribution is 5.98. The number of nitrogens with one attached hydrogen (secondary N) is 1. The molecule has 0 saturated carbocycles. The van der Waals surface area contributed by atoms with E-state index in [-0.39, 0.29) is 17.8 Å². The van der Waals surface area contributed by atoms with E-state index in [0.29, 0.717) is 17.6 Å². The van der Waals surface area contributed by atoms with Crippen molar-refractivity contribution < 1.29 is 9.18 Å². The van der Waals surface area contributed by atoms with Gasteiger partial charge in [-0.15, -0.1) is 0 Å². The topological polar surface area (TPSA) is 57.2 Å². The average Bonchev–Trinajstić information content (AvgIpc) is 3.24. The van der Waals surface area contributed by atoms with Gasteiger partial charge in [-0.1, -0.05) is 0 Å². The summed E-state index contributed by atoms with van der Waals surface area (Å²) in [6.07, 6.45) is 2.96. The van der Waals surface area contributed by atoms with Gasteiger partial charge in [-0.2, -0.15) is 5.10 Å². The zero-order valence-corrected chi connectivity index (χ0v) is 16.6. The molecule has 1 saturated heterocycles. The number of hydrogen-bond acceptors (Lipinski definition) is 3. The summed E-state index contributed by atoms with van der Waals surface area (Å²) in [6.45, 7) is 1.50. The number of hydrogen-bond donors (Lipinski definition) is 1. The smallest absolute Gasteiger partial charge is 0.270 e. The number of aromatic amines is 1. The molecule has 1 amide bonds. The van der Waals surface area contributed by atoms with Crippen molar-refractivity contribution in [1.82, 2.24) is 24.6 Å². The number of H-pyrrole nitrogens is 1. The van der Waals surface area contributed by atoms with Gasteiger partial charge in [0.05, 0.1) is 17.4 Å². The lowest BCUT2D eigenvalue weighted by molar-refractivity contribution is 0.0600. The molecule has 7 heteroatoms. The third kappa shape index (κ3) is 3.54. The van der Waals surface area contributed by atoms with Crippen LogP contribution in [0.2, 0.25) is 0 Å². The Morgan fingerprint density at radius 2 is 2.11 bits per heavy atom. The van der Waals surface area contributed by atoms with Gasteiger partial charge in [0.25, 0.3) is 5.91 Å². The molecule has 3 heterocycles. The second-order valence-electron chi connectivity index (χ2n) is 7.85. The van der Waals surface area contributed by atoms with Crippen molar-refractivity contribution in [2.75, 3.05) is 20.6 Å². The molecule has 1 aromatic carbocycles. The summed E-state index contributed by atoms with van der Waals surface area (Å²) in [6, 6.07) is 8.33. The minimum absolute atomic E-state index is 0.0356. The molecule has 6 nitrogen and oxygen atoms in total. The number of carbonyl (C=O) groups is 1. The van der Waals surface area contributed by atoms with Gasteiger partial charge in [0.2, 0.25) is 0 Å². The van der Waals surface area contributed by atoms with Crippen LogP contribution in [-0.4, -0.2) is 51.1 Å². The molecule has 1 atom stereocenters. The van der Waals surface area contributed by atoms with Crippen molar-refractivity contribution in [3.8, 4) is 0 Å². The van der Waals surface area contributed by atoms with Crippen LogP contribution in [0, 0.1) is 5.82 Å². The zero-order valence-electron chi connectivity index (χ0n) is 16.6. The molecule has 0 bridgehead atoms. The first-order valence-corrected chi connectivity index (χ1v) is 9.69. The molecule has 1 aliphatic heterocycles. The Hall–Kier alpha value is -2.67. The van der Waals surface area contributed by atoms with Gasteiger partial charge in [0, 0.05) is 31.0 Å². The Bertz CT molecular complexity index is 1010. The van der Waals surface area contributed by atoms with E-state index in [2.05, 4.69) is 16.0 Å². The fourth-order valence-electron chi connectivity index (χ4n) is 4.02. The molecule has 1 fully saturated rings. The maximum Gasteiger partial charge on any atom is 0.270 e. The number of aromatic nitrogens is 3. The summed E-state index contributed by atoms with van der Waals surface area (Å²) in [5.74, 6) is -0.357. The summed E-state index contributed by atoms with van der Waals surface area (Å²) in [5, 5.41) is 5.42. The Morgan fingerprint density at radius 3 is 2.89 bits per heavy atom. The Balaban J connectivity index is 1.63. The molecular weight excluding hydrogens is 357 g/mol. The molecule has 4 rings (SSSR count). The van der Waals surface area contributed by atoms with E-state index in [1.807, 2.05) is 30.7 Å². The van der Waals surface area contributed by atoms with E-state index >= 15 is 0 Å². The van der Waals surface area contributed by atoms with Gasteiger partial charge in [-0.05, 0) is 63.7 Å². The third-order valence-corrected chi connectivity index (χ3v) is 5.39. The van der Waals surface area contributed by atoms with E-state index in [9.17, 15) is 9.18 Å². The van der Waals surface area contributed by atoms with Crippen LogP contribution >= 0.6 is 0 Å². The molecule has 0 spiro atoms. The standard InChI is InChI=1S/C21H26FN5O/c1-25(2)13-16-12-18(24-26(16)3)20-6-4-5-9-27(20)21(28)19-11-14-10-15(22)7-8-17(14)23-19/h7-8,10-12,20,23H,4-6,9,13H2,1-3H3/t20-/m1/s1. The highest BCUT2D eigenvalue weighted by Crippen LogP contribution is 2.32. The summed E-state index contributed by atoms with van der Waals surface area (Å²) in [7, 11) is 6.01.